The second-order valence-corrected chi connectivity index (χ2v) is 2.37. The van der Waals surface area contributed by atoms with Crippen molar-refractivity contribution in [2.75, 3.05) is 6.79 Å². The summed E-state index contributed by atoms with van der Waals surface area (Å²) in [5, 5.41) is 0. The van der Waals surface area contributed by atoms with E-state index in [1.54, 1.807) is 6.92 Å². The van der Waals surface area contributed by atoms with Crippen LogP contribution in [0, 0.1) is 0 Å². The molecule has 0 radical (unpaired) electrons. The van der Waals surface area contributed by atoms with E-state index in [-0.39, 0.29) is 19.3 Å². The summed E-state index contributed by atoms with van der Waals surface area (Å²) >= 11 is 0. The van der Waals surface area contributed by atoms with Crippen molar-refractivity contribution in [2.24, 2.45) is 0 Å². The van der Waals surface area contributed by atoms with Gasteiger partial charge in [0.15, 0.2) is 0 Å². The first-order chi connectivity index (χ1) is 4.70. The summed E-state index contributed by atoms with van der Waals surface area (Å²) < 4.78 is 33.4. The molecule has 0 aromatic rings. The highest BCUT2D eigenvalue weighted by Gasteiger charge is 2.27. The Kier molecular flexibility index (Phi) is 2.56. The fourth-order valence-corrected chi connectivity index (χ4v) is 0.882. The minimum atomic E-state index is -2.38. The van der Waals surface area contributed by atoms with Crippen molar-refractivity contribution >= 4 is 0 Å². The molecule has 0 amide bonds. The average molecular weight is 152 g/mol. The van der Waals surface area contributed by atoms with Crippen LogP contribution in [-0.4, -0.2) is 25.4 Å². The van der Waals surface area contributed by atoms with Crippen molar-refractivity contribution in [3.63, 3.8) is 0 Å². The molecule has 1 fully saturated rings. The largest absolute Gasteiger partial charge is 0.352 e. The van der Waals surface area contributed by atoms with Crippen LogP contribution >= 0.6 is 0 Å². The third kappa shape index (κ3) is 1.88. The van der Waals surface area contributed by atoms with E-state index in [1.807, 2.05) is 0 Å². The summed E-state index contributed by atoms with van der Waals surface area (Å²) in [7, 11) is 0. The molecule has 0 aromatic carbocycles. The van der Waals surface area contributed by atoms with Crippen LogP contribution in [0.2, 0.25) is 0 Å². The van der Waals surface area contributed by atoms with Gasteiger partial charge in [-0.15, -0.1) is 0 Å². The molecular weight excluding hydrogens is 142 g/mol. The van der Waals surface area contributed by atoms with Gasteiger partial charge in [-0.3, -0.25) is 0 Å². The monoisotopic (exact) mass is 152 g/mol. The molecule has 0 bridgehead atoms. The Bertz CT molecular complexity index is 108. The molecule has 0 spiro atoms. The first-order valence-corrected chi connectivity index (χ1v) is 3.21. The van der Waals surface area contributed by atoms with E-state index in [2.05, 4.69) is 4.74 Å². The van der Waals surface area contributed by atoms with E-state index < -0.39 is 12.5 Å². The van der Waals surface area contributed by atoms with Crippen molar-refractivity contribution in [2.45, 2.75) is 32.0 Å². The average Bonchev–Trinajstić information content (AvgIpc) is 1.88. The van der Waals surface area contributed by atoms with Gasteiger partial charge >= 0.3 is 0 Å². The molecule has 0 N–H and O–H groups in total. The Hall–Kier alpha value is -0.220. The normalized spacial score (nSPS) is 34.8. The zero-order valence-corrected chi connectivity index (χ0v) is 5.72. The van der Waals surface area contributed by atoms with Gasteiger partial charge in [-0.05, 0) is 6.92 Å². The molecule has 0 saturated carbocycles. The number of ether oxygens (including phenoxy) is 2. The van der Waals surface area contributed by atoms with E-state index in [0.29, 0.717) is 0 Å². The second kappa shape index (κ2) is 3.25. The van der Waals surface area contributed by atoms with Gasteiger partial charge in [-0.25, -0.2) is 8.78 Å². The molecule has 1 heterocycles. The molecule has 2 atom stereocenters. The molecule has 1 rings (SSSR count). The van der Waals surface area contributed by atoms with Crippen LogP contribution in [0.25, 0.3) is 0 Å². The lowest BCUT2D eigenvalue weighted by atomic mass is 10.2. The SMILES string of the molecule is C[C@@H]1C[C@@H](C(F)F)OCO1. The van der Waals surface area contributed by atoms with Crippen LogP contribution in [0.1, 0.15) is 13.3 Å². The Morgan fingerprint density at radius 2 is 2.10 bits per heavy atom. The maximum Gasteiger partial charge on any atom is 0.264 e. The Labute approximate surface area is 58.1 Å². The van der Waals surface area contributed by atoms with E-state index in [0.717, 1.165) is 0 Å². The maximum absolute atomic E-state index is 11.9. The molecule has 2 nitrogen and oxygen atoms in total. The third-order valence-electron chi connectivity index (χ3n) is 1.48. The fourth-order valence-electron chi connectivity index (χ4n) is 0.882. The Balaban J connectivity index is 2.32. The summed E-state index contributed by atoms with van der Waals surface area (Å²) in [4.78, 5) is 0. The summed E-state index contributed by atoms with van der Waals surface area (Å²) in [6, 6.07) is 0. The lowest BCUT2D eigenvalue weighted by molar-refractivity contribution is -0.202. The first kappa shape index (κ1) is 7.88. The Morgan fingerprint density at radius 3 is 2.50 bits per heavy atom. The van der Waals surface area contributed by atoms with Crippen LogP contribution < -0.4 is 0 Å². The van der Waals surface area contributed by atoms with Crippen LogP contribution in [0.3, 0.4) is 0 Å². The number of halogens is 2. The van der Waals surface area contributed by atoms with Gasteiger partial charge in [0.2, 0.25) is 0 Å². The summed E-state index contributed by atoms with van der Waals surface area (Å²) in [5.41, 5.74) is 0. The number of rotatable bonds is 1. The molecule has 10 heavy (non-hydrogen) atoms. The highest BCUT2D eigenvalue weighted by Crippen LogP contribution is 2.18. The fraction of sp³-hybridized carbons (Fsp3) is 1.00. The summed E-state index contributed by atoms with van der Waals surface area (Å²) in [6.07, 6.45) is -3.12. The predicted molar refractivity (Wildman–Crippen MR) is 30.9 cm³/mol. The van der Waals surface area contributed by atoms with E-state index in [1.165, 1.54) is 0 Å². The van der Waals surface area contributed by atoms with Gasteiger partial charge in [0.05, 0.1) is 6.10 Å². The number of alkyl halides is 2. The van der Waals surface area contributed by atoms with Crippen molar-refractivity contribution in [1.29, 1.82) is 0 Å². The molecule has 60 valence electrons. The van der Waals surface area contributed by atoms with Crippen molar-refractivity contribution in [3.05, 3.63) is 0 Å². The van der Waals surface area contributed by atoms with Gasteiger partial charge in [0, 0.05) is 6.42 Å². The topological polar surface area (TPSA) is 18.5 Å². The molecule has 0 aliphatic carbocycles. The van der Waals surface area contributed by atoms with Gasteiger partial charge in [-0.1, -0.05) is 0 Å². The van der Waals surface area contributed by atoms with Crippen molar-refractivity contribution in [1.82, 2.24) is 0 Å². The van der Waals surface area contributed by atoms with Gasteiger partial charge in [0.1, 0.15) is 12.9 Å². The van der Waals surface area contributed by atoms with Gasteiger partial charge in [0.25, 0.3) is 6.43 Å². The van der Waals surface area contributed by atoms with E-state index in [4.69, 9.17) is 4.74 Å². The molecule has 1 aliphatic heterocycles. The zero-order valence-electron chi connectivity index (χ0n) is 5.72. The lowest BCUT2D eigenvalue weighted by Crippen LogP contribution is -2.34. The van der Waals surface area contributed by atoms with Gasteiger partial charge < -0.3 is 9.47 Å². The smallest absolute Gasteiger partial charge is 0.264 e. The molecule has 1 saturated heterocycles. The van der Waals surface area contributed by atoms with E-state index in [9.17, 15) is 8.78 Å². The Morgan fingerprint density at radius 1 is 1.40 bits per heavy atom. The standard InChI is InChI=1S/C6H10F2O2/c1-4-2-5(6(7)8)10-3-9-4/h4-6H,2-3H2,1H3/t4-,5+/m1/s1. The quantitative estimate of drug-likeness (QED) is 0.565. The predicted octanol–water partition coefficient (Wildman–Crippen LogP) is 1.40. The third-order valence-corrected chi connectivity index (χ3v) is 1.48. The molecule has 0 aromatic heterocycles. The second-order valence-electron chi connectivity index (χ2n) is 2.37. The minimum Gasteiger partial charge on any atom is -0.352 e. The van der Waals surface area contributed by atoms with Crippen LogP contribution in [0.4, 0.5) is 8.78 Å². The van der Waals surface area contributed by atoms with Crippen LogP contribution in [0.15, 0.2) is 0 Å². The summed E-state index contributed by atoms with van der Waals surface area (Å²) in [5.74, 6) is 0. The zero-order chi connectivity index (χ0) is 7.56. The molecule has 1 aliphatic rings. The molecular formula is C6H10F2O2. The highest BCUT2D eigenvalue weighted by molar-refractivity contribution is 4.67. The minimum absolute atomic E-state index is 0.00380. The van der Waals surface area contributed by atoms with Crippen LogP contribution in [-0.2, 0) is 9.47 Å². The first-order valence-electron chi connectivity index (χ1n) is 3.21. The number of hydrogen-bond donors (Lipinski definition) is 0. The van der Waals surface area contributed by atoms with Crippen molar-refractivity contribution < 1.29 is 18.3 Å². The van der Waals surface area contributed by atoms with Crippen molar-refractivity contribution in [3.8, 4) is 0 Å². The summed E-state index contributed by atoms with van der Waals surface area (Å²) in [6.45, 7) is 1.76. The van der Waals surface area contributed by atoms with E-state index >= 15 is 0 Å². The highest BCUT2D eigenvalue weighted by atomic mass is 19.3. The van der Waals surface area contributed by atoms with Crippen LogP contribution in [0.5, 0.6) is 0 Å². The number of hydrogen-bond acceptors (Lipinski definition) is 2. The molecule has 4 heteroatoms. The lowest BCUT2D eigenvalue weighted by Gasteiger charge is -2.26. The van der Waals surface area contributed by atoms with Gasteiger partial charge in [-0.2, -0.15) is 0 Å². The maximum atomic E-state index is 11.9. The molecule has 0 unspecified atom stereocenters.